The van der Waals surface area contributed by atoms with E-state index in [-0.39, 0.29) is 0 Å². The van der Waals surface area contributed by atoms with Gasteiger partial charge in [-0.2, -0.15) is 0 Å². The molecule has 0 radical (unpaired) electrons. The van der Waals surface area contributed by atoms with Gasteiger partial charge >= 0.3 is 0 Å². The van der Waals surface area contributed by atoms with Gasteiger partial charge in [0.1, 0.15) is 11.5 Å². The van der Waals surface area contributed by atoms with Crippen molar-refractivity contribution in [2.24, 2.45) is 0 Å². The van der Waals surface area contributed by atoms with Gasteiger partial charge in [-0.15, -0.1) is 0 Å². The van der Waals surface area contributed by atoms with E-state index < -0.39 is 0 Å². The third-order valence-electron chi connectivity index (χ3n) is 3.39. The fraction of sp³-hybridized carbons (Fsp3) is 0.571. The van der Waals surface area contributed by atoms with Crippen LogP contribution in [0.15, 0.2) is 12.1 Å². The second-order valence-electron chi connectivity index (χ2n) is 4.44. The molecule has 1 aromatic rings. The Bertz CT molecular complexity index is 390. The molecule has 0 saturated carbocycles. The Morgan fingerprint density at radius 3 is 2.76 bits per heavy atom. The topological polar surface area (TPSA) is 30.5 Å². The van der Waals surface area contributed by atoms with Crippen molar-refractivity contribution in [3.8, 4) is 11.5 Å². The zero-order valence-electron chi connectivity index (χ0n) is 10.9. The molecule has 1 heterocycles. The molecule has 17 heavy (non-hydrogen) atoms. The number of ether oxygens (including phenoxy) is 2. The molecule has 1 unspecified atom stereocenters. The molecule has 0 amide bonds. The summed E-state index contributed by atoms with van der Waals surface area (Å²) in [4.78, 5) is 0. The summed E-state index contributed by atoms with van der Waals surface area (Å²) in [5.41, 5.74) is 2.68. The molecule has 1 aromatic carbocycles. The fourth-order valence-corrected chi connectivity index (χ4v) is 2.55. The van der Waals surface area contributed by atoms with Gasteiger partial charge in [-0.05, 0) is 31.0 Å². The van der Waals surface area contributed by atoms with Crippen LogP contribution >= 0.6 is 0 Å². The van der Waals surface area contributed by atoms with Crippen molar-refractivity contribution < 1.29 is 9.47 Å². The Balaban J connectivity index is 2.43. The minimum absolute atomic E-state index is 0.438. The molecule has 0 aromatic heterocycles. The molecule has 2 rings (SSSR count). The van der Waals surface area contributed by atoms with Crippen molar-refractivity contribution in [3.63, 3.8) is 0 Å². The summed E-state index contributed by atoms with van der Waals surface area (Å²) >= 11 is 0. The lowest BCUT2D eigenvalue weighted by atomic mass is 9.91. The zero-order chi connectivity index (χ0) is 12.3. The average molecular weight is 235 g/mol. The van der Waals surface area contributed by atoms with Gasteiger partial charge in [0.2, 0.25) is 0 Å². The lowest BCUT2D eigenvalue weighted by Crippen LogP contribution is -2.30. The molecule has 0 spiro atoms. The van der Waals surface area contributed by atoms with E-state index in [0.717, 1.165) is 30.9 Å². The third kappa shape index (κ3) is 2.39. The van der Waals surface area contributed by atoms with Gasteiger partial charge in [0.05, 0.1) is 14.2 Å². The lowest BCUT2D eigenvalue weighted by Gasteiger charge is -2.28. The minimum atomic E-state index is 0.438. The summed E-state index contributed by atoms with van der Waals surface area (Å²) in [6.07, 6.45) is 3.36. The van der Waals surface area contributed by atoms with Gasteiger partial charge in [0, 0.05) is 17.7 Å². The number of hydrogen-bond donors (Lipinski definition) is 1. The van der Waals surface area contributed by atoms with Crippen LogP contribution in [0.1, 0.15) is 36.9 Å². The smallest absolute Gasteiger partial charge is 0.126 e. The predicted octanol–water partition coefficient (Wildman–Crippen LogP) is 2.69. The van der Waals surface area contributed by atoms with Crippen LogP contribution in [-0.2, 0) is 6.42 Å². The maximum absolute atomic E-state index is 5.47. The molecule has 1 aliphatic rings. The number of hydrogen-bond acceptors (Lipinski definition) is 3. The standard InChI is InChI=1S/C14H21NO2/c1-4-5-13-12-8-10(16-2)9-14(17-3)11(12)6-7-15-13/h8-9,13,15H,4-7H2,1-3H3. The van der Waals surface area contributed by atoms with E-state index in [9.17, 15) is 0 Å². The first kappa shape index (κ1) is 12.2. The SMILES string of the molecule is CCCC1NCCc2c(OC)cc(OC)cc21. The van der Waals surface area contributed by atoms with E-state index in [1.165, 1.54) is 17.5 Å². The van der Waals surface area contributed by atoms with Crippen molar-refractivity contribution in [3.05, 3.63) is 23.3 Å². The maximum atomic E-state index is 5.47. The summed E-state index contributed by atoms with van der Waals surface area (Å²) in [6, 6.07) is 4.56. The Morgan fingerprint density at radius 1 is 1.29 bits per heavy atom. The minimum Gasteiger partial charge on any atom is -0.497 e. The fourth-order valence-electron chi connectivity index (χ4n) is 2.55. The Labute approximate surface area is 103 Å². The van der Waals surface area contributed by atoms with Crippen LogP contribution in [0.2, 0.25) is 0 Å². The van der Waals surface area contributed by atoms with Crippen molar-refractivity contribution >= 4 is 0 Å². The number of methoxy groups -OCH3 is 2. The molecule has 3 heteroatoms. The summed E-state index contributed by atoms with van der Waals surface area (Å²) in [6.45, 7) is 3.24. The van der Waals surface area contributed by atoms with Gasteiger partial charge < -0.3 is 14.8 Å². The Hall–Kier alpha value is -1.22. The first-order valence-electron chi connectivity index (χ1n) is 6.28. The first-order chi connectivity index (χ1) is 8.30. The van der Waals surface area contributed by atoms with Crippen molar-refractivity contribution in [2.75, 3.05) is 20.8 Å². The molecule has 0 saturated heterocycles. The normalized spacial score (nSPS) is 18.6. The van der Waals surface area contributed by atoms with Crippen LogP contribution < -0.4 is 14.8 Å². The molecule has 0 fully saturated rings. The summed E-state index contributed by atoms with van der Waals surface area (Å²) < 4.78 is 10.8. The van der Waals surface area contributed by atoms with E-state index in [0.29, 0.717) is 6.04 Å². The van der Waals surface area contributed by atoms with Crippen LogP contribution in [0.5, 0.6) is 11.5 Å². The van der Waals surface area contributed by atoms with E-state index in [4.69, 9.17) is 9.47 Å². The van der Waals surface area contributed by atoms with Crippen LogP contribution in [0.25, 0.3) is 0 Å². The van der Waals surface area contributed by atoms with E-state index in [1.807, 2.05) is 6.07 Å². The lowest BCUT2D eigenvalue weighted by molar-refractivity contribution is 0.379. The average Bonchev–Trinajstić information content (AvgIpc) is 2.38. The number of fused-ring (bicyclic) bond motifs is 1. The van der Waals surface area contributed by atoms with E-state index in [2.05, 4.69) is 18.3 Å². The Morgan fingerprint density at radius 2 is 2.12 bits per heavy atom. The monoisotopic (exact) mass is 235 g/mol. The van der Waals surface area contributed by atoms with E-state index >= 15 is 0 Å². The van der Waals surface area contributed by atoms with Gasteiger partial charge in [-0.1, -0.05) is 13.3 Å². The van der Waals surface area contributed by atoms with Crippen LogP contribution in [0, 0.1) is 0 Å². The molecule has 0 aliphatic carbocycles. The van der Waals surface area contributed by atoms with Gasteiger partial charge in [0.15, 0.2) is 0 Å². The second-order valence-corrected chi connectivity index (χ2v) is 4.44. The summed E-state index contributed by atoms with van der Waals surface area (Å²) in [7, 11) is 3.43. The quantitative estimate of drug-likeness (QED) is 0.870. The van der Waals surface area contributed by atoms with Crippen molar-refractivity contribution in [1.82, 2.24) is 5.32 Å². The molecular formula is C14H21NO2. The molecule has 1 aliphatic heterocycles. The van der Waals surface area contributed by atoms with E-state index in [1.54, 1.807) is 14.2 Å². The number of rotatable bonds is 4. The maximum Gasteiger partial charge on any atom is 0.126 e. The predicted molar refractivity (Wildman–Crippen MR) is 68.9 cm³/mol. The van der Waals surface area contributed by atoms with Crippen molar-refractivity contribution in [2.45, 2.75) is 32.2 Å². The second kappa shape index (κ2) is 5.41. The number of nitrogens with one attached hydrogen (secondary N) is 1. The highest BCUT2D eigenvalue weighted by atomic mass is 16.5. The first-order valence-corrected chi connectivity index (χ1v) is 6.28. The molecule has 1 N–H and O–H groups in total. The molecule has 0 bridgehead atoms. The largest absolute Gasteiger partial charge is 0.497 e. The highest BCUT2D eigenvalue weighted by Crippen LogP contribution is 2.36. The summed E-state index contributed by atoms with van der Waals surface area (Å²) in [5, 5.41) is 3.57. The van der Waals surface area contributed by atoms with Crippen LogP contribution in [0.3, 0.4) is 0 Å². The summed E-state index contributed by atoms with van der Waals surface area (Å²) in [5.74, 6) is 1.84. The van der Waals surface area contributed by atoms with Gasteiger partial charge in [-0.3, -0.25) is 0 Å². The molecule has 3 nitrogen and oxygen atoms in total. The molecular weight excluding hydrogens is 214 g/mol. The third-order valence-corrected chi connectivity index (χ3v) is 3.39. The highest BCUT2D eigenvalue weighted by Gasteiger charge is 2.22. The Kier molecular flexibility index (Phi) is 3.89. The van der Waals surface area contributed by atoms with Crippen LogP contribution in [-0.4, -0.2) is 20.8 Å². The van der Waals surface area contributed by atoms with Gasteiger partial charge in [-0.25, -0.2) is 0 Å². The highest BCUT2D eigenvalue weighted by molar-refractivity contribution is 5.49. The van der Waals surface area contributed by atoms with Crippen molar-refractivity contribution in [1.29, 1.82) is 0 Å². The molecule has 1 atom stereocenters. The van der Waals surface area contributed by atoms with Crippen LogP contribution in [0.4, 0.5) is 0 Å². The zero-order valence-corrected chi connectivity index (χ0v) is 10.9. The number of benzene rings is 1. The van der Waals surface area contributed by atoms with Gasteiger partial charge in [0.25, 0.3) is 0 Å². The molecule has 94 valence electrons.